The van der Waals surface area contributed by atoms with Crippen LogP contribution in [0.5, 0.6) is 0 Å². The first-order valence-corrected chi connectivity index (χ1v) is 8.57. The van der Waals surface area contributed by atoms with E-state index in [1.54, 1.807) is 12.3 Å². The van der Waals surface area contributed by atoms with Gasteiger partial charge in [-0.25, -0.2) is 9.98 Å². The van der Waals surface area contributed by atoms with E-state index in [-0.39, 0.29) is 11.2 Å². The summed E-state index contributed by atoms with van der Waals surface area (Å²) in [5.41, 5.74) is 1.99. The molecule has 2 heterocycles. The molecule has 1 aromatic heterocycles. The van der Waals surface area contributed by atoms with E-state index < -0.39 is 0 Å². The van der Waals surface area contributed by atoms with Gasteiger partial charge in [-0.3, -0.25) is 4.79 Å². The number of aromatic nitrogens is 1. The number of thioether (sulfide) groups is 1. The standard InChI is InChI=1S/C16H13Cl2N3OS/c1-9-2-3-19-14(4-9)20-16-21-15(22)13(23-16)7-10-5-11(17)8-12(18)6-10/h2-6,8,13H,7H2,1H3,(H,19,20,21,22). The van der Waals surface area contributed by atoms with E-state index in [0.29, 0.717) is 27.5 Å². The van der Waals surface area contributed by atoms with Gasteiger partial charge in [0.25, 0.3) is 0 Å². The average molecular weight is 366 g/mol. The third-order valence-electron chi connectivity index (χ3n) is 3.24. The SMILES string of the molecule is Cc1ccnc(N=C2NC(=O)C(Cc3cc(Cl)cc(Cl)c3)S2)c1. The van der Waals surface area contributed by atoms with Gasteiger partial charge in [0, 0.05) is 16.2 Å². The number of amidine groups is 1. The van der Waals surface area contributed by atoms with Gasteiger partial charge in [0.15, 0.2) is 11.0 Å². The molecule has 1 saturated heterocycles. The lowest BCUT2D eigenvalue weighted by Crippen LogP contribution is -2.26. The van der Waals surface area contributed by atoms with Gasteiger partial charge in [-0.1, -0.05) is 35.0 Å². The molecule has 1 atom stereocenters. The highest BCUT2D eigenvalue weighted by Gasteiger charge is 2.30. The Labute approximate surface area is 148 Å². The van der Waals surface area contributed by atoms with Gasteiger partial charge >= 0.3 is 0 Å². The molecule has 0 spiro atoms. The summed E-state index contributed by atoms with van der Waals surface area (Å²) in [5.74, 6) is 0.511. The number of aliphatic imine (C=N–C) groups is 1. The molecule has 2 aromatic rings. The van der Waals surface area contributed by atoms with E-state index in [0.717, 1.165) is 11.1 Å². The first-order valence-electron chi connectivity index (χ1n) is 6.93. The van der Waals surface area contributed by atoms with Crippen molar-refractivity contribution in [1.29, 1.82) is 0 Å². The van der Waals surface area contributed by atoms with Gasteiger partial charge < -0.3 is 5.32 Å². The summed E-state index contributed by atoms with van der Waals surface area (Å²) in [6.45, 7) is 1.97. The molecular formula is C16H13Cl2N3OS. The Morgan fingerprint density at radius 2 is 2.00 bits per heavy atom. The highest BCUT2D eigenvalue weighted by Crippen LogP contribution is 2.27. The van der Waals surface area contributed by atoms with Crippen molar-refractivity contribution < 1.29 is 4.79 Å². The molecule has 3 rings (SSSR count). The van der Waals surface area contributed by atoms with Crippen LogP contribution in [0, 0.1) is 6.92 Å². The minimum atomic E-state index is -0.256. The molecule has 0 bridgehead atoms. The zero-order valence-electron chi connectivity index (χ0n) is 12.2. The van der Waals surface area contributed by atoms with Crippen LogP contribution in [0.15, 0.2) is 41.5 Å². The molecule has 0 aliphatic carbocycles. The second-order valence-electron chi connectivity index (χ2n) is 5.19. The molecule has 0 saturated carbocycles. The summed E-state index contributed by atoms with van der Waals surface area (Å²) >= 11 is 13.4. The Morgan fingerprint density at radius 1 is 1.26 bits per heavy atom. The fraction of sp³-hybridized carbons (Fsp3) is 0.188. The summed E-state index contributed by atoms with van der Waals surface area (Å²) in [6, 6.07) is 9.07. The maximum Gasteiger partial charge on any atom is 0.239 e. The Balaban J connectivity index is 1.74. The number of halogens is 2. The third-order valence-corrected chi connectivity index (χ3v) is 4.76. The average Bonchev–Trinajstić information content (AvgIpc) is 2.77. The number of benzene rings is 1. The molecule has 1 aliphatic rings. The van der Waals surface area contributed by atoms with E-state index in [9.17, 15) is 4.79 Å². The van der Waals surface area contributed by atoms with Crippen molar-refractivity contribution in [3.8, 4) is 0 Å². The number of carbonyl (C=O) groups is 1. The van der Waals surface area contributed by atoms with Crippen LogP contribution >= 0.6 is 35.0 Å². The number of pyridine rings is 1. The first kappa shape index (κ1) is 16.3. The van der Waals surface area contributed by atoms with Crippen LogP contribution in [0.4, 0.5) is 5.82 Å². The monoisotopic (exact) mass is 365 g/mol. The van der Waals surface area contributed by atoms with Crippen LogP contribution in [-0.4, -0.2) is 21.3 Å². The summed E-state index contributed by atoms with van der Waals surface area (Å²) in [4.78, 5) is 20.7. The van der Waals surface area contributed by atoms with E-state index in [1.807, 2.05) is 31.2 Å². The summed E-state index contributed by atoms with van der Waals surface area (Å²) in [5, 5.41) is 4.22. The van der Waals surface area contributed by atoms with Crippen molar-refractivity contribution in [2.75, 3.05) is 0 Å². The fourth-order valence-electron chi connectivity index (χ4n) is 2.22. The van der Waals surface area contributed by atoms with Gasteiger partial charge in [0.2, 0.25) is 5.91 Å². The van der Waals surface area contributed by atoms with Crippen molar-refractivity contribution in [2.24, 2.45) is 4.99 Å². The minimum absolute atomic E-state index is 0.0718. The normalized spacial score (nSPS) is 19.2. The molecule has 1 unspecified atom stereocenters. The largest absolute Gasteiger partial charge is 0.304 e. The molecule has 7 heteroatoms. The maximum atomic E-state index is 12.1. The smallest absolute Gasteiger partial charge is 0.239 e. The second-order valence-corrected chi connectivity index (χ2v) is 7.25. The number of nitrogens with zero attached hydrogens (tertiary/aromatic N) is 2. The van der Waals surface area contributed by atoms with E-state index in [4.69, 9.17) is 23.2 Å². The third kappa shape index (κ3) is 4.25. The Morgan fingerprint density at radius 3 is 2.70 bits per heavy atom. The molecule has 1 aliphatic heterocycles. The summed E-state index contributed by atoms with van der Waals surface area (Å²) in [6.07, 6.45) is 2.23. The van der Waals surface area contributed by atoms with Crippen molar-refractivity contribution in [3.05, 3.63) is 57.7 Å². The Hall–Kier alpha value is -1.56. The number of hydrogen-bond acceptors (Lipinski definition) is 4. The number of aryl methyl sites for hydroxylation is 1. The molecule has 23 heavy (non-hydrogen) atoms. The van der Waals surface area contributed by atoms with E-state index in [1.165, 1.54) is 11.8 Å². The predicted octanol–water partition coefficient (Wildman–Crippen LogP) is 4.16. The van der Waals surface area contributed by atoms with Crippen LogP contribution in [0.2, 0.25) is 10.0 Å². The topological polar surface area (TPSA) is 54.4 Å². The number of amides is 1. The number of hydrogen-bond donors (Lipinski definition) is 1. The fourth-order valence-corrected chi connectivity index (χ4v) is 3.81. The molecule has 4 nitrogen and oxygen atoms in total. The molecule has 118 valence electrons. The molecule has 0 radical (unpaired) electrons. The van der Waals surface area contributed by atoms with Crippen molar-refractivity contribution in [2.45, 2.75) is 18.6 Å². The minimum Gasteiger partial charge on any atom is -0.304 e. The second kappa shape index (κ2) is 6.91. The summed E-state index contributed by atoms with van der Waals surface area (Å²) in [7, 11) is 0. The molecule has 1 amide bonds. The lowest BCUT2D eigenvalue weighted by molar-refractivity contribution is -0.118. The quantitative estimate of drug-likeness (QED) is 0.888. The molecular weight excluding hydrogens is 353 g/mol. The summed E-state index contributed by atoms with van der Waals surface area (Å²) < 4.78 is 0. The molecule has 1 fully saturated rings. The van der Waals surface area contributed by atoms with Crippen LogP contribution < -0.4 is 5.32 Å². The molecule has 1 aromatic carbocycles. The predicted molar refractivity (Wildman–Crippen MR) is 95.8 cm³/mol. The zero-order chi connectivity index (χ0) is 16.4. The van der Waals surface area contributed by atoms with E-state index in [2.05, 4.69) is 15.3 Å². The van der Waals surface area contributed by atoms with Gasteiger partial charge in [0.05, 0.1) is 5.25 Å². The van der Waals surface area contributed by atoms with Crippen molar-refractivity contribution in [3.63, 3.8) is 0 Å². The highest BCUT2D eigenvalue weighted by atomic mass is 35.5. The Bertz CT molecular complexity index is 774. The van der Waals surface area contributed by atoms with Crippen molar-refractivity contribution >= 4 is 51.9 Å². The van der Waals surface area contributed by atoms with Gasteiger partial charge in [-0.2, -0.15) is 0 Å². The van der Waals surface area contributed by atoms with Gasteiger partial charge in [-0.05, 0) is 54.8 Å². The van der Waals surface area contributed by atoms with Crippen LogP contribution in [-0.2, 0) is 11.2 Å². The van der Waals surface area contributed by atoms with Crippen LogP contribution in [0.25, 0.3) is 0 Å². The Kier molecular flexibility index (Phi) is 4.90. The van der Waals surface area contributed by atoms with Crippen LogP contribution in [0.1, 0.15) is 11.1 Å². The van der Waals surface area contributed by atoms with E-state index >= 15 is 0 Å². The number of nitrogens with one attached hydrogen (secondary N) is 1. The number of rotatable bonds is 3. The lowest BCUT2D eigenvalue weighted by Gasteiger charge is -2.06. The first-order chi connectivity index (χ1) is 11.0. The van der Waals surface area contributed by atoms with Crippen LogP contribution in [0.3, 0.4) is 0 Å². The maximum absolute atomic E-state index is 12.1. The van der Waals surface area contributed by atoms with Gasteiger partial charge in [-0.15, -0.1) is 0 Å². The number of carbonyl (C=O) groups excluding carboxylic acids is 1. The highest BCUT2D eigenvalue weighted by molar-refractivity contribution is 8.15. The van der Waals surface area contributed by atoms with Gasteiger partial charge in [0.1, 0.15) is 0 Å². The molecule has 1 N–H and O–H groups in total. The lowest BCUT2D eigenvalue weighted by atomic mass is 10.1. The van der Waals surface area contributed by atoms with Crippen molar-refractivity contribution in [1.82, 2.24) is 10.3 Å². The zero-order valence-corrected chi connectivity index (χ0v) is 14.5.